The highest BCUT2D eigenvalue weighted by Gasteiger charge is 2.53. The summed E-state index contributed by atoms with van der Waals surface area (Å²) < 4.78 is 28.4. The lowest BCUT2D eigenvalue weighted by atomic mass is 9.60. The van der Waals surface area contributed by atoms with Crippen LogP contribution in [0.4, 0.5) is 0 Å². The zero-order chi connectivity index (χ0) is 34.4. The number of ketones is 1. The first-order valence-electron chi connectivity index (χ1n) is 14.6. The van der Waals surface area contributed by atoms with Crippen molar-refractivity contribution in [3.05, 3.63) is 34.1 Å². The molecule has 250 valence electrons. The standard InChI is InChI=1S/C32H44O13/c1-15(34)10-23-11-28(43-20(6)37)24-12-26(41-18(4)35)16(2)29(32(24,9)14-33)31(45-22(8)39)30(44-21(7)38)17(3)27(13-25(23)40)42-19(5)36/h11,24-28,31,33,40H,10,12-14H2,1-9H3/b23-11+,30-17-/t24-,25-,26-,27-,28-,31+,32+/m0/s1. The number of aliphatic hydroxyl groups is 2. The summed E-state index contributed by atoms with van der Waals surface area (Å²) in [7, 11) is 0. The summed E-state index contributed by atoms with van der Waals surface area (Å²) in [4.78, 5) is 74.4. The Kier molecular flexibility index (Phi) is 12.8. The van der Waals surface area contributed by atoms with Crippen LogP contribution in [0.5, 0.6) is 0 Å². The molecule has 0 amide bonds. The van der Waals surface area contributed by atoms with Crippen LogP contribution in [0, 0.1) is 11.3 Å². The third-order valence-corrected chi connectivity index (χ3v) is 8.06. The van der Waals surface area contributed by atoms with Crippen LogP contribution in [-0.2, 0) is 52.5 Å². The van der Waals surface area contributed by atoms with Crippen LogP contribution in [-0.4, -0.2) is 83.0 Å². The molecule has 0 aromatic carbocycles. The molecule has 2 bridgehead atoms. The van der Waals surface area contributed by atoms with Crippen LogP contribution in [0.25, 0.3) is 0 Å². The topological polar surface area (TPSA) is 189 Å². The number of carbonyl (C=O) groups is 6. The van der Waals surface area contributed by atoms with Gasteiger partial charge in [-0.1, -0.05) is 6.92 Å². The first-order chi connectivity index (χ1) is 20.8. The third kappa shape index (κ3) is 9.33. The minimum atomic E-state index is -1.53. The van der Waals surface area contributed by atoms with Crippen molar-refractivity contribution in [2.45, 2.75) is 112 Å². The highest BCUT2D eigenvalue weighted by Crippen LogP contribution is 2.52. The second-order valence-electron chi connectivity index (χ2n) is 11.8. The van der Waals surface area contributed by atoms with Gasteiger partial charge in [0.2, 0.25) is 0 Å². The summed E-state index contributed by atoms with van der Waals surface area (Å²) in [5.41, 5.74) is -0.623. The van der Waals surface area contributed by atoms with E-state index in [4.69, 9.17) is 23.7 Å². The van der Waals surface area contributed by atoms with Gasteiger partial charge in [-0.15, -0.1) is 0 Å². The molecule has 0 radical (unpaired) electrons. The predicted octanol–water partition coefficient (Wildman–Crippen LogP) is 2.56. The normalized spacial score (nSPS) is 31.7. The van der Waals surface area contributed by atoms with Crippen molar-refractivity contribution < 1.29 is 62.7 Å². The van der Waals surface area contributed by atoms with E-state index < -0.39 is 78.3 Å². The lowest BCUT2D eigenvalue weighted by molar-refractivity contribution is -0.157. The fraction of sp³-hybridized carbons (Fsp3) is 0.625. The summed E-state index contributed by atoms with van der Waals surface area (Å²) in [5.74, 6) is -5.23. The average molecular weight is 637 g/mol. The Bertz CT molecular complexity index is 1310. The molecule has 0 aromatic heterocycles. The van der Waals surface area contributed by atoms with Crippen molar-refractivity contribution in [3.8, 4) is 0 Å². The van der Waals surface area contributed by atoms with Gasteiger partial charge in [-0.2, -0.15) is 0 Å². The molecule has 0 unspecified atom stereocenters. The van der Waals surface area contributed by atoms with E-state index in [0.717, 1.165) is 20.8 Å². The highest BCUT2D eigenvalue weighted by molar-refractivity contribution is 5.78. The van der Waals surface area contributed by atoms with Gasteiger partial charge in [0.05, 0.1) is 12.7 Å². The zero-order valence-corrected chi connectivity index (χ0v) is 27.3. The van der Waals surface area contributed by atoms with Crippen LogP contribution in [0.2, 0.25) is 0 Å². The number of aliphatic hydroxyl groups excluding tert-OH is 2. The van der Waals surface area contributed by atoms with Gasteiger partial charge in [-0.05, 0) is 50.0 Å². The van der Waals surface area contributed by atoms with Crippen LogP contribution < -0.4 is 0 Å². The van der Waals surface area contributed by atoms with Crippen molar-refractivity contribution in [3.63, 3.8) is 0 Å². The molecular formula is C32H44O13. The minimum Gasteiger partial charge on any atom is -0.458 e. The highest BCUT2D eigenvalue weighted by atomic mass is 16.6. The molecule has 13 nitrogen and oxygen atoms in total. The summed E-state index contributed by atoms with van der Waals surface area (Å²) in [5, 5.41) is 22.5. The number of carbonyl (C=O) groups excluding carboxylic acids is 6. The smallest absolute Gasteiger partial charge is 0.307 e. The number of ether oxygens (including phenoxy) is 5. The van der Waals surface area contributed by atoms with Crippen LogP contribution in [0.3, 0.4) is 0 Å². The number of hydrogen-bond donors (Lipinski definition) is 2. The maximum absolute atomic E-state index is 12.6. The van der Waals surface area contributed by atoms with Gasteiger partial charge in [0.15, 0.2) is 11.9 Å². The Hall–Kier alpha value is -3.84. The molecule has 0 saturated heterocycles. The van der Waals surface area contributed by atoms with Gasteiger partial charge >= 0.3 is 29.8 Å². The monoisotopic (exact) mass is 636 g/mol. The van der Waals surface area contributed by atoms with E-state index >= 15 is 0 Å². The van der Waals surface area contributed by atoms with Crippen molar-refractivity contribution in [2.75, 3.05) is 6.61 Å². The Morgan fingerprint density at radius 3 is 1.73 bits per heavy atom. The number of Topliss-reactive ketones (excluding diaryl/α,β-unsaturated/α-hetero) is 1. The molecule has 0 aliphatic heterocycles. The SMILES string of the molecule is CC(=O)C/C1=C\[C@H](OC(C)=O)[C@@H]2C[C@H](OC(C)=O)C(C)=C([C@@H](OC(C)=O)/C(OC(C)=O)=C(\C)[C@@H](OC(C)=O)C[C@@H]1O)[C@]2(C)CO. The fourth-order valence-electron chi connectivity index (χ4n) is 6.18. The summed E-state index contributed by atoms with van der Waals surface area (Å²) in [6, 6.07) is 0. The molecule has 7 atom stereocenters. The Morgan fingerprint density at radius 2 is 1.29 bits per heavy atom. The lowest BCUT2D eigenvalue weighted by Crippen LogP contribution is -2.51. The summed E-state index contributed by atoms with van der Waals surface area (Å²) in [6.07, 6.45) is -5.58. The van der Waals surface area contributed by atoms with Crippen molar-refractivity contribution in [1.29, 1.82) is 0 Å². The number of hydrogen-bond acceptors (Lipinski definition) is 13. The molecule has 0 saturated carbocycles. The first-order valence-corrected chi connectivity index (χ1v) is 14.6. The second kappa shape index (κ2) is 15.4. The van der Waals surface area contributed by atoms with E-state index in [-0.39, 0.29) is 47.5 Å². The number of esters is 5. The van der Waals surface area contributed by atoms with Crippen molar-refractivity contribution in [2.24, 2.45) is 11.3 Å². The second-order valence-corrected chi connectivity index (χ2v) is 11.8. The molecule has 0 fully saturated rings. The van der Waals surface area contributed by atoms with Gasteiger partial charge in [0.1, 0.15) is 24.1 Å². The van der Waals surface area contributed by atoms with Crippen LogP contribution in [0.15, 0.2) is 34.1 Å². The van der Waals surface area contributed by atoms with Gasteiger partial charge in [-0.25, -0.2) is 0 Å². The average Bonchev–Trinajstić information content (AvgIpc) is 2.89. The van der Waals surface area contributed by atoms with E-state index in [1.54, 1.807) is 13.8 Å². The molecule has 0 heterocycles. The van der Waals surface area contributed by atoms with Gasteiger partial charge in [0, 0.05) is 64.4 Å². The molecule has 0 spiro atoms. The first kappa shape index (κ1) is 37.3. The molecule has 13 heteroatoms. The maximum atomic E-state index is 12.6. The van der Waals surface area contributed by atoms with Crippen molar-refractivity contribution >= 4 is 35.6 Å². The van der Waals surface area contributed by atoms with Gasteiger partial charge in [0.25, 0.3) is 0 Å². The molecule has 2 N–H and O–H groups in total. The maximum Gasteiger partial charge on any atom is 0.307 e. The quantitative estimate of drug-likeness (QED) is 0.225. The van der Waals surface area contributed by atoms with Gasteiger partial charge in [-0.3, -0.25) is 28.8 Å². The molecule has 0 aromatic rings. The summed E-state index contributed by atoms with van der Waals surface area (Å²) in [6.45, 7) is 11.1. The zero-order valence-electron chi connectivity index (χ0n) is 27.3. The van der Waals surface area contributed by atoms with Crippen LogP contribution in [0.1, 0.15) is 81.6 Å². The van der Waals surface area contributed by atoms with E-state index in [1.165, 1.54) is 33.8 Å². The predicted molar refractivity (Wildman–Crippen MR) is 157 cm³/mol. The van der Waals surface area contributed by atoms with E-state index in [0.29, 0.717) is 5.57 Å². The largest absolute Gasteiger partial charge is 0.458 e. The minimum absolute atomic E-state index is 0.0122. The molecule has 2 aliphatic rings. The van der Waals surface area contributed by atoms with Gasteiger partial charge < -0.3 is 33.9 Å². The number of fused-ring (bicyclic) bond motifs is 2. The van der Waals surface area contributed by atoms with E-state index in [9.17, 15) is 39.0 Å². The van der Waals surface area contributed by atoms with E-state index in [2.05, 4.69) is 0 Å². The van der Waals surface area contributed by atoms with Crippen molar-refractivity contribution in [1.82, 2.24) is 0 Å². The Balaban J connectivity index is 3.23. The summed E-state index contributed by atoms with van der Waals surface area (Å²) >= 11 is 0. The Labute approximate surface area is 262 Å². The molecule has 45 heavy (non-hydrogen) atoms. The third-order valence-electron chi connectivity index (χ3n) is 8.06. The lowest BCUT2D eigenvalue weighted by Gasteiger charge is -2.49. The number of rotatable bonds is 8. The Morgan fingerprint density at radius 1 is 0.778 bits per heavy atom. The molecule has 2 rings (SSSR count). The molecular weight excluding hydrogens is 592 g/mol. The molecule has 2 aliphatic carbocycles. The van der Waals surface area contributed by atoms with Crippen LogP contribution >= 0.6 is 0 Å². The fourth-order valence-corrected chi connectivity index (χ4v) is 6.18. The van der Waals surface area contributed by atoms with E-state index in [1.807, 2.05) is 0 Å².